The third-order valence-electron chi connectivity index (χ3n) is 2.46. The number of anilines is 2. The average molecular weight is 254 g/mol. The fourth-order valence-corrected chi connectivity index (χ4v) is 2.46. The van der Waals surface area contributed by atoms with E-state index in [-0.39, 0.29) is 0 Å². The molecule has 0 saturated carbocycles. The van der Waals surface area contributed by atoms with Crippen LogP contribution in [0.5, 0.6) is 0 Å². The first kappa shape index (κ1) is 11.4. The molecule has 0 aliphatic rings. The van der Waals surface area contributed by atoms with Crippen LogP contribution < -0.4 is 4.90 Å². The molecule has 1 aromatic heterocycles. The number of rotatable bonds is 2. The van der Waals surface area contributed by atoms with E-state index in [1.807, 2.05) is 11.9 Å². The van der Waals surface area contributed by atoms with Gasteiger partial charge in [-0.15, -0.1) is 0 Å². The second-order valence-corrected chi connectivity index (χ2v) is 4.61. The Labute approximate surface area is 104 Å². The zero-order chi connectivity index (χ0) is 11.7. The maximum atomic E-state index is 5.96. The minimum Gasteiger partial charge on any atom is -0.326 e. The maximum absolute atomic E-state index is 5.96. The van der Waals surface area contributed by atoms with Crippen LogP contribution in [0.15, 0.2) is 18.2 Å². The minimum atomic E-state index is 0.451. The van der Waals surface area contributed by atoms with E-state index in [4.69, 9.17) is 11.6 Å². The lowest BCUT2D eigenvalue weighted by molar-refractivity contribution is 1.14. The zero-order valence-electron chi connectivity index (χ0n) is 9.36. The lowest BCUT2D eigenvalue weighted by Crippen LogP contribution is -2.11. The highest BCUT2D eigenvalue weighted by atomic mass is 35.5. The largest absolute Gasteiger partial charge is 0.326 e. The van der Waals surface area contributed by atoms with Crippen LogP contribution in [0.2, 0.25) is 5.15 Å². The number of aromatic nitrogens is 2. The first-order valence-corrected chi connectivity index (χ1v) is 5.99. The third kappa shape index (κ3) is 2.03. The summed E-state index contributed by atoms with van der Waals surface area (Å²) in [5.74, 6) is 0.707. The summed E-state index contributed by atoms with van der Waals surface area (Å²) in [5, 5.41) is 0.451. The lowest BCUT2D eigenvalue weighted by atomic mass is 10.1. The molecule has 0 atom stereocenters. The summed E-state index contributed by atoms with van der Waals surface area (Å²) in [4.78, 5) is 1.96. The average Bonchev–Trinajstić information content (AvgIpc) is 2.63. The summed E-state index contributed by atoms with van der Waals surface area (Å²) in [6.45, 7) is 4.15. The number of halogens is 1. The quantitative estimate of drug-likeness (QED) is 0.819. The molecule has 1 heterocycles. The van der Waals surface area contributed by atoms with Crippen molar-refractivity contribution in [2.24, 2.45) is 0 Å². The summed E-state index contributed by atoms with van der Waals surface area (Å²) in [6.07, 6.45) is 0. The van der Waals surface area contributed by atoms with Crippen molar-refractivity contribution in [2.45, 2.75) is 13.8 Å². The summed E-state index contributed by atoms with van der Waals surface area (Å²) >= 11 is 7.09. The van der Waals surface area contributed by atoms with E-state index in [0.29, 0.717) is 11.0 Å². The molecule has 5 heteroatoms. The van der Waals surface area contributed by atoms with Crippen LogP contribution in [0.4, 0.5) is 11.5 Å². The van der Waals surface area contributed by atoms with Crippen LogP contribution in [0, 0.1) is 13.8 Å². The topological polar surface area (TPSA) is 29.0 Å². The number of benzene rings is 1. The van der Waals surface area contributed by atoms with Crippen LogP contribution in [0.25, 0.3) is 0 Å². The van der Waals surface area contributed by atoms with Gasteiger partial charge in [-0.25, -0.2) is 0 Å². The van der Waals surface area contributed by atoms with Gasteiger partial charge in [0.15, 0.2) is 11.0 Å². The van der Waals surface area contributed by atoms with Crippen LogP contribution in [-0.4, -0.2) is 15.8 Å². The molecule has 0 aliphatic carbocycles. The fourth-order valence-electron chi connectivity index (χ4n) is 1.67. The van der Waals surface area contributed by atoms with Gasteiger partial charge in [0.2, 0.25) is 0 Å². The highest BCUT2D eigenvalue weighted by molar-refractivity contribution is 6.99. The molecule has 0 N–H and O–H groups in total. The van der Waals surface area contributed by atoms with Crippen molar-refractivity contribution >= 4 is 34.8 Å². The molecule has 0 bridgehead atoms. The molecule has 0 amide bonds. The van der Waals surface area contributed by atoms with Gasteiger partial charge in [-0.2, -0.15) is 8.75 Å². The van der Waals surface area contributed by atoms with E-state index in [1.165, 1.54) is 11.1 Å². The Bertz CT molecular complexity index is 510. The Morgan fingerprint density at radius 2 is 2.00 bits per heavy atom. The number of hydrogen-bond acceptors (Lipinski definition) is 4. The van der Waals surface area contributed by atoms with Gasteiger partial charge >= 0.3 is 0 Å². The zero-order valence-corrected chi connectivity index (χ0v) is 10.9. The van der Waals surface area contributed by atoms with E-state index >= 15 is 0 Å². The van der Waals surface area contributed by atoms with Gasteiger partial charge in [-0.1, -0.05) is 29.3 Å². The van der Waals surface area contributed by atoms with Gasteiger partial charge in [0.25, 0.3) is 0 Å². The first-order chi connectivity index (χ1) is 7.59. The van der Waals surface area contributed by atoms with Crippen molar-refractivity contribution in [3.8, 4) is 0 Å². The van der Waals surface area contributed by atoms with Crippen molar-refractivity contribution in [1.29, 1.82) is 0 Å². The van der Waals surface area contributed by atoms with Crippen molar-refractivity contribution in [1.82, 2.24) is 8.75 Å². The summed E-state index contributed by atoms with van der Waals surface area (Å²) in [7, 11) is 1.94. The second kappa shape index (κ2) is 4.39. The Kier molecular flexibility index (Phi) is 3.12. The molecule has 0 unspecified atom stereocenters. The van der Waals surface area contributed by atoms with E-state index < -0.39 is 0 Å². The highest BCUT2D eigenvalue weighted by Gasteiger charge is 2.13. The Morgan fingerprint density at radius 1 is 1.25 bits per heavy atom. The van der Waals surface area contributed by atoms with E-state index in [1.54, 1.807) is 0 Å². The molecule has 1 aromatic carbocycles. The van der Waals surface area contributed by atoms with Gasteiger partial charge in [-0.3, -0.25) is 0 Å². The predicted molar refractivity (Wildman–Crippen MR) is 68.9 cm³/mol. The van der Waals surface area contributed by atoms with Gasteiger partial charge in [0.05, 0.1) is 11.7 Å². The van der Waals surface area contributed by atoms with Crippen LogP contribution in [0.3, 0.4) is 0 Å². The maximum Gasteiger partial charge on any atom is 0.187 e. The standard InChI is InChI=1S/C11H12ClN3S/c1-7-4-5-9(8(2)6-7)15(3)11-10(12)13-16-14-11/h4-6H,1-3H3. The van der Waals surface area contributed by atoms with Crippen LogP contribution >= 0.6 is 23.3 Å². The van der Waals surface area contributed by atoms with Crippen LogP contribution in [-0.2, 0) is 0 Å². The first-order valence-electron chi connectivity index (χ1n) is 4.88. The predicted octanol–water partition coefficient (Wildman–Crippen LogP) is 3.58. The van der Waals surface area contributed by atoms with Gasteiger partial charge in [-0.05, 0) is 25.5 Å². The summed E-state index contributed by atoms with van der Waals surface area (Å²) in [5.41, 5.74) is 3.55. The molecule has 2 aromatic rings. The number of aryl methyl sites for hydroxylation is 2. The molecule has 0 saturated heterocycles. The molecule has 0 aliphatic heterocycles. The van der Waals surface area contributed by atoms with Gasteiger partial charge in [0, 0.05) is 12.7 Å². The molecule has 0 spiro atoms. The lowest BCUT2D eigenvalue weighted by Gasteiger charge is -2.19. The van der Waals surface area contributed by atoms with Crippen LogP contribution in [0.1, 0.15) is 11.1 Å². The number of nitrogens with zero attached hydrogens (tertiary/aromatic N) is 3. The molecule has 2 rings (SSSR count). The molecular formula is C11H12ClN3S. The fraction of sp³-hybridized carbons (Fsp3) is 0.273. The van der Waals surface area contributed by atoms with Crippen molar-refractivity contribution in [2.75, 3.05) is 11.9 Å². The Hall–Kier alpha value is -1.13. The van der Waals surface area contributed by atoms with Crippen molar-refractivity contribution < 1.29 is 0 Å². The van der Waals surface area contributed by atoms with E-state index in [9.17, 15) is 0 Å². The Balaban J connectivity index is 2.41. The third-order valence-corrected chi connectivity index (χ3v) is 3.34. The summed E-state index contributed by atoms with van der Waals surface area (Å²) in [6, 6.07) is 6.28. The van der Waals surface area contributed by atoms with Gasteiger partial charge in [0.1, 0.15) is 0 Å². The Morgan fingerprint density at radius 3 is 2.56 bits per heavy atom. The van der Waals surface area contributed by atoms with Gasteiger partial charge < -0.3 is 4.90 Å². The monoisotopic (exact) mass is 253 g/mol. The second-order valence-electron chi connectivity index (χ2n) is 3.73. The molecule has 3 nitrogen and oxygen atoms in total. The SMILES string of the molecule is Cc1ccc(N(C)c2nsnc2Cl)c(C)c1. The molecule has 0 radical (unpaired) electrons. The van der Waals surface area contributed by atoms with Crippen molar-refractivity contribution in [3.63, 3.8) is 0 Å². The molecule has 84 valence electrons. The normalized spacial score (nSPS) is 10.5. The minimum absolute atomic E-state index is 0.451. The smallest absolute Gasteiger partial charge is 0.187 e. The number of hydrogen-bond donors (Lipinski definition) is 0. The molecule has 0 fully saturated rings. The van der Waals surface area contributed by atoms with E-state index in [0.717, 1.165) is 17.4 Å². The van der Waals surface area contributed by atoms with E-state index in [2.05, 4.69) is 40.8 Å². The molecule has 16 heavy (non-hydrogen) atoms. The van der Waals surface area contributed by atoms with Crippen molar-refractivity contribution in [3.05, 3.63) is 34.5 Å². The summed E-state index contributed by atoms with van der Waals surface area (Å²) < 4.78 is 8.14. The highest BCUT2D eigenvalue weighted by Crippen LogP contribution is 2.30. The molecular weight excluding hydrogens is 242 g/mol.